The SMILES string of the molecule is NCC1(O)CCCCC12CCCCC2. The topological polar surface area (TPSA) is 46.2 Å². The first kappa shape index (κ1) is 10.4. The summed E-state index contributed by atoms with van der Waals surface area (Å²) in [5, 5.41) is 10.6. The Bertz CT molecular complexity index is 190. The van der Waals surface area contributed by atoms with Crippen molar-refractivity contribution in [1.82, 2.24) is 0 Å². The van der Waals surface area contributed by atoms with Crippen LogP contribution in [0.2, 0.25) is 0 Å². The van der Waals surface area contributed by atoms with Gasteiger partial charge >= 0.3 is 0 Å². The van der Waals surface area contributed by atoms with Crippen molar-refractivity contribution in [2.75, 3.05) is 6.54 Å². The molecule has 0 aromatic heterocycles. The maximum atomic E-state index is 10.6. The van der Waals surface area contributed by atoms with Gasteiger partial charge in [-0.25, -0.2) is 0 Å². The van der Waals surface area contributed by atoms with Gasteiger partial charge in [0, 0.05) is 12.0 Å². The molecule has 0 amide bonds. The summed E-state index contributed by atoms with van der Waals surface area (Å²) in [4.78, 5) is 0. The Hall–Kier alpha value is -0.0800. The van der Waals surface area contributed by atoms with E-state index >= 15 is 0 Å². The van der Waals surface area contributed by atoms with Crippen LogP contribution in [0.25, 0.3) is 0 Å². The van der Waals surface area contributed by atoms with Crippen molar-refractivity contribution in [3.63, 3.8) is 0 Å². The Morgan fingerprint density at radius 1 is 0.857 bits per heavy atom. The maximum Gasteiger partial charge on any atom is 0.0825 e. The average Bonchev–Trinajstić information content (AvgIpc) is 2.24. The molecule has 0 heterocycles. The second kappa shape index (κ2) is 3.82. The highest BCUT2D eigenvalue weighted by Gasteiger charge is 2.50. The second-order valence-electron chi connectivity index (χ2n) is 5.28. The minimum Gasteiger partial charge on any atom is -0.388 e. The smallest absolute Gasteiger partial charge is 0.0825 e. The van der Waals surface area contributed by atoms with Gasteiger partial charge < -0.3 is 10.8 Å². The van der Waals surface area contributed by atoms with Crippen molar-refractivity contribution >= 4 is 0 Å². The standard InChI is InChI=1S/C12H23NO/c13-10-12(14)9-5-4-8-11(12)6-2-1-3-7-11/h14H,1-10,13H2. The first-order valence-corrected chi connectivity index (χ1v) is 6.15. The minimum atomic E-state index is -0.536. The number of hydrogen-bond acceptors (Lipinski definition) is 2. The van der Waals surface area contributed by atoms with Gasteiger partial charge in [0.2, 0.25) is 0 Å². The van der Waals surface area contributed by atoms with E-state index in [1.54, 1.807) is 0 Å². The van der Waals surface area contributed by atoms with E-state index in [9.17, 15) is 5.11 Å². The molecule has 82 valence electrons. The monoisotopic (exact) mass is 197 g/mol. The molecule has 1 atom stereocenters. The third-order valence-corrected chi connectivity index (χ3v) is 4.63. The van der Waals surface area contributed by atoms with Gasteiger partial charge in [-0.3, -0.25) is 0 Å². The van der Waals surface area contributed by atoms with Gasteiger partial charge in [0.05, 0.1) is 5.60 Å². The van der Waals surface area contributed by atoms with Crippen LogP contribution in [0, 0.1) is 5.41 Å². The van der Waals surface area contributed by atoms with Crippen LogP contribution >= 0.6 is 0 Å². The molecule has 0 aliphatic heterocycles. The van der Waals surface area contributed by atoms with Crippen LogP contribution < -0.4 is 5.73 Å². The summed E-state index contributed by atoms with van der Waals surface area (Å²) in [6, 6.07) is 0. The van der Waals surface area contributed by atoms with Crippen LogP contribution in [0.4, 0.5) is 0 Å². The summed E-state index contributed by atoms with van der Waals surface area (Å²) in [6.45, 7) is 0.465. The van der Waals surface area contributed by atoms with E-state index in [2.05, 4.69) is 0 Å². The first-order valence-electron chi connectivity index (χ1n) is 6.15. The van der Waals surface area contributed by atoms with Crippen LogP contribution in [0.1, 0.15) is 57.8 Å². The number of rotatable bonds is 1. The summed E-state index contributed by atoms with van der Waals surface area (Å²) in [5.74, 6) is 0. The fraction of sp³-hybridized carbons (Fsp3) is 1.00. The quantitative estimate of drug-likeness (QED) is 0.677. The molecule has 2 fully saturated rings. The van der Waals surface area contributed by atoms with Crippen LogP contribution in [-0.2, 0) is 0 Å². The molecule has 2 nitrogen and oxygen atoms in total. The summed E-state index contributed by atoms with van der Waals surface area (Å²) < 4.78 is 0. The fourth-order valence-electron chi connectivity index (χ4n) is 3.64. The molecule has 0 aromatic rings. The summed E-state index contributed by atoms with van der Waals surface area (Å²) in [7, 11) is 0. The molecule has 2 heteroatoms. The van der Waals surface area contributed by atoms with Crippen LogP contribution in [-0.4, -0.2) is 17.3 Å². The number of hydrogen-bond donors (Lipinski definition) is 2. The van der Waals surface area contributed by atoms with Crippen LogP contribution in [0.5, 0.6) is 0 Å². The molecule has 1 unspecified atom stereocenters. The minimum absolute atomic E-state index is 0.193. The molecule has 0 radical (unpaired) electrons. The van der Waals surface area contributed by atoms with Gasteiger partial charge in [0.1, 0.15) is 0 Å². The Morgan fingerprint density at radius 3 is 1.93 bits per heavy atom. The molecular formula is C12H23NO. The number of nitrogens with two attached hydrogens (primary N) is 1. The normalized spacial score (nSPS) is 37.3. The third-order valence-electron chi connectivity index (χ3n) is 4.63. The lowest BCUT2D eigenvalue weighted by Crippen LogP contribution is -2.56. The van der Waals surface area contributed by atoms with Gasteiger partial charge in [-0.15, -0.1) is 0 Å². The van der Waals surface area contributed by atoms with Gasteiger partial charge in [0.15, 0.2) is 0 Å². The number of aliphatic hydroxyl groups is 1. The van der Waals surface area contributed by atoms with E-state index in [1.165, 1.54) is 44.9 Å². The molecule has 2 saturated carbocycles. The molecule has 14 heavy (non-hydrogen) atoms. The summed E-state index contributed by atoms with van der Waals surface area (Å²) in [5.41, 5.74) is 5.45. The van der Waals surface area contributed by atoms with Crippen molar-refractivity contribution in [1.29, 1.82) is 0 Å². The summed E-state index contributed by atoms with van der Waals surface area (Å²) in [6.07, 6.45) is 11.0. The van der Waals surface area contributed by atoms with Crippen molar-refractivity contribution in [2.45, 2.75) is 63.4 Å². The molecule has 2 rings (SSSR count). The van der Waals surface area contributed by atoms with Crippen molar-refractivity contribution in [2.24, 2.45) is 11.1 Å². The Morgan fingerprint density at radius 2 is 1.36 bits per heavy atom. The van der Waals surface area contributed by atoms with E-state index in [4.69, 9.17) is 5.73 Å². The highest BCUT2D eigenvalue weighted by Crippen LogP contribution is 2.52. The first-order chi connectivity index (χ1) is 6.72. The van der Waals surface area contributed by atoms with E-state index < -0.39 is 5.60 Å². The predicted octanol–water partition coefficient (Wildman–Crippen LogP) is 2.20. The zero-order valence-corrected chi connectivity index (χ0v) is 9.10. The Balaban J connectivity index is 2.19. The fourth-order valence-corrected chi connectivity index (χ4v) is 3.64. The molecule has 3 N–H and O–H groups in total. The zero-order chi connectivity index (χ0) is 10.1. The van der Waals surface area contributed by atoms with Crippen LogP contribution in [0.3, 0.4) is 0 Å². The van der Waals surface area contributed by atoms with Crippen molar-refractivity contribution in [3.05, 3.63) is 0 Å². The second-order valence-corrected chi connectivity index (χ2v) is 5.28. The van der Waals surface area contributed by atoms with E-state index in [1.807, 2.05) is 0 Å². The maximum absolute atomic E-state index is 10.6. The molecule has 2 aliphatic rings. The highest BCUT2D eigenvalue weighted by atomic mass is 16.3. The summed E-state index contributed by atoms with van der Waals surface area (Å²) >= 11 is 0. The molecular weight excluding hydrogens is 174 g/mol. The van der Waals surface area contributed by atoms with E-state index in [-0.39, 0.29) is 5.41 Å². The largest absolute Gasteiger partial charge is 0.388 e. The molecule has 1 spiro atoms. The molecule has 0 bridgehead atoms. The van der Waals surface area contributed by atoms with E-state index in [0.717, 1.165) is 12.8 Å². The lowest BCUT2D eigenvalue weighted by molar-refractivity contribution is -0.125. The lowest BCUT2D eigenvalue weighted by Gasteiger charge is -2.52. The van der Waals surface area contributed by atoms with E-state index in [0.29, 0.717) is 6.54 Å². The Labute approximate surface area is 86.9 Å². The third kappa shape index (κ3) is 1.49. The van der Waals surface area contributed by atoms with Crippen LogP contribution in [0.15, 0.2) is 0 Å². The average molecular weight is 197 g/mol. The Kier molecular flexibility index (Phi) is 2.85. The zero-order valence-electron chi connectivity index (χ0n) is 9.10. The predicted molar refractivity (Wildman–Crippen MR) is 58.0 cm³/mol. The van der Waals surface area contributed by atoms with Crippen molar-refractivity contribution < 1.29 is 5.11 Å². The van der Waals surface area contributed by atoms with Crippen molar-refractivity contribution in [3.8, 4) is 0 Å². The molecule has 0 saturated heterocycles. The lowest BCUT2D eigenvalue weighted by atomic mass is 9.57. The van der Waals surface area contributed by atoms with Gasteiger partial charge in [-0.2, -0.15) is 0 Å². The van der Waals surface area contributed by atoms with Gasteiger partial charge in [-0.05, 0) is 25.7 Å². The molecule has 2 aliphatic carbocycles. The van der Waals surface area contributed by atoms with Gasteiger partial charge in [-0.1, -0.05) is 32.1 Å². The molecule has 0 aromatic carbocycles. The highest BCUT2D eigenvalue weighted by molar-refractivity contribution is 5.03. The van der Waals surface area contributed by atoms with Gasteiger partial charge in [0.25, 0.3) is 0 Å².